The standard InChI is InChI=1S/C12H15N3/c1-10-11(9-13)5-6-12(14-10)15-7-3-2-4-8-15/h5-6H,2-4,7-8H2,1H3. The molecule has 3 nitrogen and oxygen atoms in total. The van der Waals surface area contributed by atoms with Crippen LogP contribution in [0.15, 0.2) is 12.1 Å². The van der Waals surface area contributed by atoms with E-state index in [-0.39, 0.29) is 0 Å². The molecule has 0 saturated carbocycles. The molecule has 2 rings (SSSR count). The molecule has 0 aliphatic carbocycles. The highest BCUT2D eigenvalue weighted by Gasteiger charge is 2.12. The maximum absolute atomic E-state index is 8.82. The fourth-order valence-electron chi connectivity index (χ4n) is 1.97. The molecule has 1 aliphatic rings. The summed E-state index contributed by atoms with van der Waals surface area (Å²) in [5, 5.41) is 8.82. The van der Waals surface area contributed by atoms with Crippen molar-refractivity contribution in [3.8, 4) is 6.07 Å². The van der Waals surface area contributed by atoms with Crippen LogP contribution in [0.4, 0.5) is 5.82 Å². The van der Waals surface area contributed by atoms with E-state index in [4.69, 9.17) is 5.26 Å². The summed E-state index contributed by atoms with van der Waals surface area (Å²) in [6.45, 7) is 4.09. The Bertz CT molecular complexity index is 386. The summed E-state index contributed by atoms with van der Waals surface area (Å²) in [6, 6.07) is 5.97. The van der Waals surface area contributed by atoms with Gasteiger partial charge in [-0.1, -0.05) is 0 Å². The number of anilines is 1. The molecule has 0 spiro atoms. The van der Waals surface area contributed by atoms with Crippen molar-refractivity contribution < 1.29 is 0 Å². The van der Waals surface area contributed by atoms with Gasteiger partial charge in [0.05, 0.1) is 11.3 Å². The summed E-state index contributed by atoms with van der Waals surface area (Å²) in [5.41, 5.74) is 1.51. The van der Waals surface area contributed by atoms with Gasteiger partial charge in [-0.2, -0.15) is 5.26 Å². The minimum Gasteiger partial charge on any atom is -0.357 e. The molecule has 0 aromatic carbocycles. The lowest BCUT2D eigenvalue weighted by Crippen LogP contribution is -2.30. The van der Waals surface area contributed by atoms with Gasteiger partial charge in [0.2, 0.25) is 0 Å². The number of aryl methyl sites for hydroxylation is 1. The van der Waals surface area contributed by atoms with Gasteiger partial charge in [-0.15, -0.1) is 0 Å². The fraction of sp³-hybridized carbons (Fsp3) is 0.500. The predicted octanol–water partition coefficient (Wildman–Crippen LogP) is 2.25. The molecule has 3 heteroatoms. The first kappa shape index (κ1) is 9.97. The second-order valence-electron chi connectivity index (χ2n) is 3.96. The third-order valence-corrected chi connectivity index (χ3v) is 2.87. The largest absolute Gasteiger partial charge is 0.357 e. The van der Waals surface area contributed by atoms with Gasteiger partial charge in [0.15, 0.2) is 0 Å². The summed E-state index contributed by atoms with van der Waals surface area (Å²) in [4.78, 5) is 6.77. The van der Waals surface area contributed by atoms with Crippen molar-refractivity contribution in [1.29, 1.82) is 5.26 Å². The van der Waals surface area contributed by atoms with Crippen molar-refractivity contribution in [2.75, 3.05) is 18.0 Å². The number of hydrogen-bond donors (Lipinski definition) is 0. The van der Waals surface area contributed by atoms with Crippen LogP contribution < -0.4 is 4.90 Å². The summed E-state index contributed by atoms with van der Waals surface area (Å²) in [6.07, 6.45) is 3.83. The summed E-state index contributed by atoms with van der Waals surface area (Å²) >= 11 is 0. The van der Waals surface area contributed by atoms with Crippen LogP contribution in [-0.2, 0) is 0 Å². The molecular weight excluding hydrogens is 186 g/mol. The van der Waals surface area contributed by atoms with E-state index in [9.17, 15) is 0 Å². The van der Waals surface area contributed by atoms with Crippen molar-refractivity contribution in [3.63, 3.8) is 0 Å². The van der Waals surface area contributed by atoms with E-state index in [1.165, 1.54) is 19.3 Å². The zero-order valence-electron chi connectivity index (χ0n) is 9.03. The molecule has 0 radical (unpaired) electrons. The molecule has 1 aromatic heterocycles. The minimum absolute atomic E-state index is 0.677. The molecule has 0 bridgehead atoms. The Kier molecular flexibility index (Phi) is 2.86. The Morgan fingerprint density at radius 1 is 1.27 bits per heavy atom. The van der Waals surface area contributed by atoms with Crippen molar-refractivity contribution >= 4 is 5.82 Å². The smallest absolute Gasteiger partial charge is 0.128 e. The molecule has 1 fully saturated rings. The molecule has 1 aliphatic heterocycles. The first-order valence-corrected chi connectivity index (χ1v) is 5.44. The van der Waals surface area contributed by atoms with Crippen LogP contribution in [0.3, 0.4) is 0 Å². The number of pyridine rings is 1. The number of nitrogens with zero attached hydrogens (tertiary/aromatic N) is 3. The van der Waals surface area contributed by atoms with Gasteiger partial charge in [-0.25, -0.2) is 4.98 Å². The number of rotatable bonds is 1. The highest BCUT2D eigenvalue weighted by atomic mass is 15.2. The Balaban J connectivity index is 2.22. The van der Waals surface area contributed by atoms with Gasteiger partial charge in [0.1, 0.15) is 11.9 Å². The lowest BCUT2D eigenvalue weighted by Gasteiger charge is -2.27. The quantitative estimate of drug-likeness (QED) is 0.699. The first-order chi connectivity index (χ1) is 7.31. The SMILES string of the molecule is Cc1nc(N2CCCCC2)ccc1C#N. The highest BCUT2D eigenvalue weighted by molar-refractivity contribution is 5.45. The number of piperidine rings is 1. The zero-order chi connectivity index (χ0) is 10.7. The van der Waals surface area contributed by atoms with Gasteiger partial charge in [0, 0.05) is 13.1 Å². The topological polar surface area (TPSA) is 39.9 Å². The van der Waals surface area contributed by atoms with E-state index in [1.54, 1.807) is 0 Å². The molecule has 2 heterocycles. The van der Waals surface area contributed by atoms with Crippen molar-refractivity contribution in [1.82, 2.24) is 4.98 Å². The van der Waals surface area contributed by atoms with E-state index >= 15 is 0 Å². The summed E-state index contributed by atoms with van der Waals surface area (Å²) in [5.74, 6) is 1.02. The van der Waals surface area contributed by atoms with Crippen molar-refractivity contribution in [3.05, 3.63) is 23.4 Å². The molecule has 78 valence electrons. The number of nitriles is 1. The third-order valence-electron chi connectivity index (χ3n) is 2.87. The van der Waals surface area contributed by atoms with Crippen LogP contribution in [0.2, 0.25) is 0 Å². The highest BCUT2D eigenvalue weighted by Crippen LogP contribution is 2.18. The van der Waals surface area contributed by atoms with Gasteiger partial charge >= 0.3 is 0 Å². The molecule has 1 aromatic rings. The second-order valence-corrected chi connectivity index (χ2v) is 3.96. The summed E-state index contributed by atoms with van der Waals surface area (Å²) in [7, 11) is 0. The molecule has 0 atom stereocenters. The maximum atomic E-state index is 8.82. The lowest BCUT2D eigenvalue weighted by atomic mass is 10.1. The van der Waals surface area contributed by atoms with Crippen LogP contribution in [0, 0.1) is 18.3 Å². The normalized spacial score (nSPS) is 16.1. The lowest BCUT2D eigenvalue weighted by molar-refractivity contribution is 0.573. The van der Waals surface area contributed by atoms with Crippen LogP contribution >= 0.6 is 0 Å². The molecule has 15 heavy (non-hydrogen) atoms. The van der Waals surface area contributed by atoms with Crippen LogP contribution in [0.25, 0.3) is 0 Å². The van der Waals surface area contributed by atoms with Crippen LogP contribution in [0.5, 0.6) is 0 Å². The molecular formula is C12H15N3. The van der Waals surface area contributed by atoms with E-state index in [0.717, 1.165) is 24.6 Å². The van der Waals surface area contributed by atoms with Gasteiger partial charge in [0.25, 0.3) is 0 Å². The summed E-state index contributed by atoms with van der Waals surface area (Å²) < 4.78 is 0. The van der Waals surface area contributed by atoms with Gasteiger partial charge < -0.3 is 4.90 Å². The van der Waals surface area contributed by atoms with E-state index in [1.807, 2.05) is 19.1 Å². The predicted molar refractivity (Wildman–Crippen MR) is 59.8 cm³/mol. The number of aromatic nitrogens is 1. The molecule has 0 amide bonds. The first-order valence-electron chi connectivity index (χ1n) is 5.44. The van der Waals surface area contributed by atoms with Crippen molar-refractivity contribution in [2.45, 2.75) is 26.2 Å². The van der Waals surface area contributed by atoms with Crippen LogP contribution in [-0.4, -0.2) is 18.1 Å². The van der Waals surface area contributed by atoms with E-state index < -0.39 is 0 Å². The van der Waals surface area contributed by atoms with E-state index in [2.05, 4.69) is 16.0 Å². The maximum Gasteiger partial charge on any atom is 0.128 e. The third kappa shape index (κ3) is 2.10. The van der Waals surface area contributed by atoms with E-state index in [0.29, 0.717) is 5.56 Å². The molecule has 0 N–H and O–H groups in total. The molecule has 1 saturated heterocycles. The Labute approximate surface area is 90.4 Å². The fourth-order valence-corrected chi connectivity index (χ4v) is 1.97. The average Bonchev–Trinajstić information content (AvgIpc) is 2.30. The minimum atomic E-state index is 0.677. The Morgan fingerprint density at radius 3 is 2.60 bits per heavy atom. The second kappa shape index (κ2) is 4.31. The average molecular weight is 201 g/mol. The Morgan fingerprint density at radius 2 is 2.00 bits per heavy atom. The number of hydrogen-bond acceptors (Lipinski definition) is 3. The van der Waals surface area contributed by atoms with Crippen LogP contribution in [0.1, 0.15) is 30.5 Å². The van der Waals surface area contributed by atoms with Crippen molar-refractivity contribution in [2.24, 2.45) is 0 Å². The monoisotopic (exact) mass is 201 g/mol. The Hall–Kier alpha value is -1.56. The van der Waals surface area contributed by atoms with Gasteiger partial charge in [-0.3, -0.25) is 0 Å². The molecule has 0 unspecified atom stereocenters. The van der Waals surface area contributed by atoms with Gasteiger partial charge in [-0.05, 0) is 38.3 Å². The zero-order valence-corrected chi connectivity index (χ0v) is 9.03.